The Labute approximate surface area is 129 Å². The van der Waals surface area contributed by atoms with Gasteiger partial charge in [0.25, 0.3) is 5.91 Å². The summed E-state index contributed by atoms with van der Waals surface area (Å²) < 4.78 is 0.766. The molecule has 0 bridgehead atoms. The maximum absolute atomic E-state index is 12.1. The monoisotopic (exact) mass is 349 g/mol. The summed E-state index contributed by atoms with van der Waals surface area (Å²) in [5, 5.41) is 12.1. The van der Waals surface area contributed by atoms with Gasteiger partial charge < -0.3 is 11.1 Å². The zero-order valence-electron chi connectivity index (χ0n) is 10.2. The zero-order valence-corrected chi connectivity index (χ0v) is 12.5. The maximum Gasteiger partial charge on any atom is 0.255 e. The predicted molar refractivity (Wildman–Crippen MR) is 82.7 cm³/mol. The van der Waals surface area contributed by atoms with Gasteiger partial charge in [-0.15, -0.1) is 0 Å². The lowest BCUT2D eigenvalue weighted by molar-refractivity contribution is 0.102. The van der Waals surface area contributed by atoms with E-state index in [1.807, 2.05) is 6.07 Å². The van der Waals surface area contributed by atoms with Gasteiger partial charge in [-0.05, 0) is 36.4 Å². The highest BCUT2D eigenvalue weighted by Gasteiger charge is 2.11. The largest absolute Gasteiger partial charge is 0.398 e. The highest BCUT2D eigenvalue weighted by molar-refractivity contribution is 9.10. The molecule has 0 atom stereocenters. The molecule has 4 nitrogen and oxygen atoms in total. The summed E-state index contributed by atoms with van der Waals surface area (Å²) in [7, 11) is 0. The van der Waals surface area contributed by atoms with Crippen LogP contribution in [0.3, 0.4) is 0 Å². The topological polar surface area (TPSA) is 78.9 Å². The average Bonchev–Trinajstić information content (AvgIpc) is 2.42. The number of anilines is 2. The first-order valence-electron chi connectivity index (χ1n) is 5.57. The molecule has 2 aromatic carbocycles. The number of nitrogens with one attached hydrogen (secondary N) is 1. The molecule has 3 N–H and O–H groups in total. The lowest BCUT2D eigenvalue weighted by atomic mass is 10.1. The van der Waals surface area contributed by atoms with Crippen molar-refractivity contribution in [2.45, 2.75) is 0 Å². The standard InChI is InChI=1S/C14H9BrClN3O/c15-10-3-1-9(7-17)13(6-10)19-14(20)8-2-4-11(16)12(18)5-8/h1-6H,18H2,(H,19,20). The van der Waals surface area contributed by atoms with Gasteiger partial charge in [-0.25, -0.2) is 0 Å². The number of nitrogens with zero attached hydrogens (tertiary/aromatic N) is 1. The molecule has 0 radical (unpaired) electrons. The molecule has 0 aliphatic heterocycles. The third-order valence-corrected chi connectivity index (χ3v) is 3.45. The molecule has 2 rings (SSSR count). The van der Waals surface area contributed by atoms with Crippen molar-refractivity contribution in [3.63, 3.8) is 0 Å². The number of carbonyl (C=O) groups is 1. The second-order valence-electron chi connectivity index (χ2n) is 3.99. The zero-order chi connectivity index (χ0) is 14.7. The normalized spacial score (nSPS) is 9.85. The second-order valence-corrected chi connectivity index (χ2v) is 5.32. The van der Waals surface area contributed by atoms with Crippen molar-refractivity contribution in [2.75, 3.05) is 11.1 Å². The van der Waals surface area contributed by atoms with Gasteiger partial charge in [0.1, 0.15) is 6.07 Å². The summed E-state index contributed by atoms with van der Waals surface area (Å²) in [6, 6.07) is 11.6. The Morgan fingerprint density at radius 3 is 2.70 bits per heavy atom. The maximum atomic E-state index is 12.1. The molecule has 6 heteroatoms. The Bertz CT molecular complexity index is 725. The minimum Gasteiger partial charge on any atom is -0.398 e. The minimum atomic E-state index is -0.358. The number of nitrogen functional groups attached to an aromatic ring is 1. The molecule has 0 aliphatic rings. The van der Waals surface area contributed by atoms with E-state index in [4.69, 9.17) is 22.6 Å². The fraction of sp³-hybridized carbons (Fsp3) is 0. The van der Waals surface area contributed by atoms with Gasteiger partial charge >= 0.3 is 0 Å². The average molecular weight is 351 g/mol. The van der Waals surface area contributed by atoms with Crippen LogP contribution in [-0.4, -0.2) is 5.91 Å². The molecule has 0 saturated heterocycles. The highest BCUT2D eigenvalue weighted by Crippen LogP contribution is 2.23. The lowest BCUT2D eigenvalue weighted by Crippen LogP contribution is -2.13. The smallest absolute Gasteiger partial charge is 0.255 e. The molecule has 0 heterocycles. The van der Waals surface area contributed by atoms with Crippen LogP contribution in [0.2, 0.25) is 5.02 Å². The second kappa shape index (κ2) is 5.95. The summed E-state index contributed by atoms with van der Waals surface area (Å²) >= 11 is 9.10. The fourth-order valence-corrected chi connectivity index (χ4v) is 2.08. The van der Waals surface area contributed by atoms with Crippen LogP contribution in [0.1, 0.15) is 15.9 Å². The van der Waals surface area contributed by atoms with Crippen LogP contribution in [0.25, 0.3) is 0 Å². The SMILES string of the molecule is N#Cc1ccc(Br)cc1NC(=O)c1ccc(Cl)c(N)c1. The molecule has 20 heavy (non-hydrogen) atoms. The van der Waals surface area contributed by atoms with Gasteiger partial charge in [0.2, 0.25) is 0 Å². The van der Waals surface area contributed by atoms with Crippen molar-refractivity contribution in [3.05, 3.63) is 57.0 Å². The Kier molecular flexibility index (Phi) is 4.28. The van der Waals surface area contributed by atoms with Crippen LogP contribution >= 0.6 is 27.5 Å². The molecule has 0 unspecified atom stereocenters. The van der Waals surface area contributed by atoms with Crippen molar-refractivity contribution in [1.29, 1.82) is 5.26 Å². The molecule has 0 fully saturated rings. The highest BCUT2D eigenvalue weighted by atomic mass is 79.9. The van der Waals surface area contributed by atoms with Gasteiger partial charge in [0, 0.05) is 10.0 Å². The van der Waals surface area contributed by atoms with E-state index in [0.717, 1.165) is 4.47 Å². The van der Waals surface area contributed by atoms with Crippen LogP contribution in [0, 0.1) is 11.3 Å². The molecular formula is C14H9BrClN3O. The summed E-state index contributed by atoms with van der Waals surface area (Å²) in [5.41, 5.74) is 7.17. The van der Waals surface area contributed by atoms with Crippen LogP contribution in [0.15, 0.2) is 40.9 Å². The van der Waals surface area contributed by atoms with E-state index in [1.165, 1.54) is 6.07 Å². The number of nitrogens with two attached hydrogens (primary N) is 1. The quantitative estimate of drug-likeness (QED) is 0.808. The third-order valence-electron chi connectivity index (χ3n) is 2.61. The van der Waals surface area contributed by atoms with E-state index in [2.05, 4.69) is 21.2 Å². The summed E-state index contributed by atoms with van der Waals surface area (Å²) in [5.74, 6) is -0.358. The number of halogens is 2. The van der Waals surface area contributed by atoms with Crippen LogP contribution in [0.5, 0.6) is 0 Å². The van der Waals surface area contributed by atoms with Crippen molar-refractivity contribution in [1.82, 2.24) is 0 Å². The molecule has 0 saturated carbocycles. The number of rotatable bonds is 2. The first-order valence-corrected chi connectivity index (χ1v) is 6.74. The Morgan fingerprint density at radius 2 is 2.05 bits per heavy atom. The molecule has 1 amide bonds. The first-order chi connectivity index (χ1) is 9.51. The molecule has 0 spiro atoms. The summed E-state index contributed by atoms with van der Waals surface area (Å²) in [4.78, 5) is 12.1. The van der Waals surface area contributed by atoms with Crippen LogP contribution in [-0.2, 0) is 0 Å². The van der Waals surface area contributed by atoms with Crippen LogP contribution < -0.4 is 11.1 Å². The number of carbonyl (C=O) groups excluding carboxylic acids is 1. The minimum absolute atomic E-state index is 0.328. The molecule has 0 aliphatic carbocycles. The van der Waals surface area contributed by atoms with Crippen molar-refractivity contribution in [3.8, 4) is 6.07 Å². The van der Waals surface area contributed by atoms with Crippen molar-refractivity contribution in [2.24, 2.45) is 0 Å². The fourth-order valence-electron chi connectivity index (χ4n) is 1.60. The number of hydrogen-bond acceptors (Lipinski definition) is 3. The predicted octanol–water partition coefficient (Wildman–Crippen LogP) is 3.81. The molecule has 2 aromatic rings. The molecule has 100 valence electrons. The number of amides is 1. The number of nitriles is 1. The molecular weight excluding hydrogens is 342 g/mol. The van der Waals surface area contributed by atoms with E-state index < -0.39 is 0 Å². The number of hydrogen-bond donors (Lipinski definition) is 2. The molecule has 0 aromatic heterocycles. The van der Waals surface area contributed by atoms with E-state index in [9.17, 15) is 4.79 Å². The Balaban J connectivity index is 2.30. The Morgan fingerprint density at radius 1 is 1.30 bits per heavy atom. The van der Waals surface area contributed by atoms with Gasteiger partial charge in [0.15, 0.2) is 0 Å². The number of benzene rings is 2. The van der Waals surface area contributed by atoms with Gasteiger partial charge in [-0.1, -0.05) is 27.5 Å². The van der Waals surface area contributed by atoms with E-state index in [0.29, 0.717) is 27.5 Å². The van der Waals surface area contributed by atoms with Gasteiger partial charge in [0.05, 0.1) is 22.0 Å². The lowest BCUT2D eigenvalue weighted by Gasteiger charge is -2.08. The van der Waals surface area contributed by atoms with Crippen LogP contribution in [0.4, 0.5) is 11.4 Å². The first kappa shape index (κ1) is 14.4. The summed E-state index contributed by atoms with van der Waals surface area (Å²) in [6.07, 6.45) is 0. The van der Waals surface area contributed by atoms with Crippen molar-refractivity contribution >= 4 is 44.8 Å². The Hall–Kier alpha value is -2.03. The van der Waals surface area contributed by atoms with E-state index >= 15 is 0 Å². The van der Waals surface area contributed by atoms with E-state index in [-0.39, 0.29) is 5.91 Å². The summed E-state index contributed by atoms with van der Waals surface area (Å²) in [6.45, 7) is 0. The van der Waals surface area contributed by atoms with E-state index in [1.54, 1.807) is 30.3 Å². The van der Waals surface area contributed by atoms with Gasteiger partial charge in [-0.3, -0.25) is 4.79 Å². The van der Waals surface area contributed by atoms with Crippen molar-refractivity contribution < 1.29 is 4.79 Å². The third kappa shape index (κ3) is 3.10. The van der Waals surface area contributed by atoms with Gasteiger partial charge in [-0.2, -0.15) is 5.26 Å².